The Kier molecular flexibility index (Phi) is 5.94. The number of nitrogens with zero attached hydrogens (tertiary/aromatic N) is 3. The number of anilines is 1. The van der Waals surface area contributed by atoms with E-state index in [1.165, 1.54) is 11.8 Å². The largest absolute Gasteiger partial charge is 0.467 e. The Bertz CT molecular complexity index is 1040. The van der Waals surface area contributed by atoms with Crippen LogP contribution in [0.4, 0.5) is 5.69 Å². The number of aromatic nitrogens is 3. The summed E-state index contributed by atoms with van der Waals surface area (Å²) < 4.78 is 8.42. The third-order valence-electron chi connectivity index (χ3n) is 3.81. The Balaban J connectivity index is 1.49. The molecule has 0 saturated heterocycles. The van der Waals surface area contributed by atoms with Gasteiger partial charge in [-0.05, 0) is 47.8 Å². The SMILES string of the molecule is O=C(CSc1nnc(-c2cccs2)n1Cc1ccco1)Nc1ccc(Br)cc1. The molecule has 0 aliphatic heterocycles. The average Bonchev–Trinajstić information content (AvgIpc) is 3.44. The van der Waals surface area contributed by atoms with Gasteiger partial charge in [-0.15, -0.1) is 21.5 Å². The molecule has 0 atom stereocenters. The molecule has 1 aromatic carbocycles. The predicted molar refractivity (Wildman–Crippen MR) is 115 cm³/mol. The van der Waals surface area contributed by atoms with Crippen molar-refractivity contribution < 1.29 is 9.21 Å². The standard InChI is InChI=1S/C19H15BrN4O2S2/c20-13-5-7-14(8-6-13)21-17(25)12-28-19-23-22-18(16-4-2-10-27-16)24(19)11-15-3-1-9-26-15/h1-10H,11-12H2,(H,21,25). The van der Waals surface area contributed by atoms with Gasteiger partial charge in [0, 0.05) is 10.2 Å². The Labute approximate surface area is 178 Å². The van der Waals surface area contributed by atoms with Gasteiger partial charge in [0.05, 0.1) is 23.4 Å². The molecular formula is C19H15BrN4O2S2. The summed E-state index contributed by atoms with van der Waals surface area (Å²) in [7, 11) is 0. The molecule has 0 spiro atoms. The molecule has 4 rings (SSSR count). The lowest BCUT2D eigenvalue weighted by Gasteiger charge is -2.08. The van der Waals surface area contributed by atoms with E-state index in [9.17, 15) is 4.79 Å². The average molecular weight is 475 g/mol. The Morgan fingerprint density at radius 3 is 2.75 bits per heavy atom. The smallest absolute Gasteiger partial charge is 0.234 e. The van der Waals surface area contributed by atoms with Crippen LogP contribution in [-0.4, -0.2) is 26.4 Å². The van der Waals surface area contributed by atoms with E-state index in [1.807, 2.05) is 58.5 Å². The molecule has 6 nitrogen and oxygen atoms in total. The maximum atomic E-state index is 12.3. The molecule has 0 unspecified atom stereocenters. The number of thioether (sulfide) groups is 1. The summed E-state index contributed by atoms with van der Waals surface area (Å²) in [5, 5.41) is 14.2. The van der Waals surface area contributed by atoms with Gasteiger partial charge in [0.1, 0.15) is 5.76 Å². The normalized spacial score (nSPS) is 10.9. The van der Waals surface area contributed by atoms with Gasteiger partial charge in [0.25, 0.3) is 0 Å². The number of halogens is 1. The van der Waals surface area contributed by atoms with Gasteiger partial charge in [-0.25, -0.2) is 0 Å². The summed E-state index contributed by atoms with van der Waals surface area (Å²) >= 11 is 6.33. The fourth-order valence-electron chi connectivity index (χ4n) is 2.54. The van der Waals surface area contributed by atoms with E-state index in [4.69, 9.17) is 4.42 Å². The first-order chi connectivity index (χ1) is 13.7. The lowest BCUT2D eigenvalue weighted by Crippen LogP contribution is -2.14. The number of carbonyl (C=O) groups excluding carboxylic acids is 1. The summed E-state index contributed by atoms with van der Waals surface area (Å²) in [4.78, 5) is 13.3. The Morgan fingerprint density at radius 2 is 2.04 bits per heavy atom. The predicted octanol–water partition coefficient (Wildman–Crippen LogP) is 5.14. The Morgan fingerprint density at radius 1 is 1.18 bits per heavy atom. The molecule has 142 valence electrons. The van der Waals surface area contributed by atoms with Crippen LogP contribution in [0.5, 0.6) is 0 Å². The van der Waals surface area contributed by atoms with E-state index in [0.29, 0.717) is 11.7 Å². The van der Waals surface area contributed by atoms with Gasteiger partial charge in [-0.2, -0.15) is 0 Å². The lowest BCUT2D eigenvalue weighted by molar-refractivity contribution is -0.113. The van der Waals surface area contributed by atoms with Crippen LogP contribution in [0.25, 0.3) is 10.7 Å². The molecule has 1 N–H and O–H groups in total. The molecule has 0 fully saturated rings. The van der Waals surface area contributed by atoms with Crippen molar-refractivity contribution >= 4 is 50.6 Å². The number of nitrogens with one attached hydrogen (secondary N) is 1. The summed E-state index contributed by atoms with van der Waals surface area (Å²) in [6.45, 7) is 0.504. The van der Waals surface area contributed by atoms with Crippen molar-refractivity contribution in [2.45, 2.75) is 11.7 Å². The van der Waals surface area contributed by atoms with Gasteiger partial charge in [-0.3, -0.25) is 9.36 Å². The van der Waals surface area contributed by atoms with E-state index in [-0.39, 0.29) is 11.7 Å². The highest BCUT2D eigenvalue weighted by Gasteiger charge is 2.17. The van der Waals surface area contributed by atoms with E-state index >= 15 is 0 Å². The van der Waals surface area contributed by atoms with Crippen LogP contribution >= 0.6 is 39.0 Å². The number of hydrogen-bond acceptors (Lipinski definition) is 6. The van der Waals surface area contributed by atoms with Crippen molar-refractivity contribution in [1.29, 1.82) is 0 Å². The number of furan rings is 1. The number of benzene rings is 1. The zero-order chi connectivity index (χ0) is 19.3. The molecule has 1 amide bonds. The van der Waals surface area contributed by atoms with E-state index in [1.54, 1.807) is 17.6 Å². The minimum absolute atomic E-state index is 0.0995. The highest BCUT2D eigenvalue weighted by Crippen LogP contribution is 2.28. The highest BCUT2D eigenvalue weighted by atomic mass is 79.9. The third kappa shape index (κ3) is 4.54. The van der Waals surface area contributed by atoms with Crippen molar-refractivity contribution in [3.05, 3.63) is 70.4 Å². The fraction of sp³-hybridized carbons (Fsp3) is 0.105. The monoisotopic (exact) mass is 474 g/mol. The number of carbonyl (C=O) groups is 1. The van der Waals surface area contributed by atoms with Crippen LogP contribution in [0.2, 0.25) is 0 Å². The summed E-state index contributed by atoms with van der Waals surface area (Å²) in [6.07, 6.45) is 1.64. The molecule has 3 aromatic heterocycles. The number of thiophene rings is 1. The quantitative estimate of drug-likeness (QED) is 0.375. The molecular weight excluding hydrogens is 460 g/mol. The maximum Gasteiger partial charge on any atom is 0.234 e. The second-order valence-corrected chi connectivity index (χ2v) is 8.60. The zero-order valence-electron chi connectivity index (χ0n) is 14.5. The molecule has 0 aliphatic carbocycles. The molecule has 0 bridgehead atoms. The first-order valence-electron chi connectivity index (χ1n) is 8.37. The molecule has 3 heterocycles. The van der Waals surface area contributed by atoms with E-state index < -0.39 is 0 Å². The zero-order valence-corrected chi connectivity index (χ0v) is 17.8. The van der Waals surface area contributed by atoms with Gasteiger partial charge in [0.2, 0.25) is 5.91 Å². The number of rotatable bonds is 7. The second kappa shape index (κ2) is 8.76. The maximum absolute atomic E-state index is 12.3. The topological polar surface area (TPSA) is 73.0 Å². The van der Waals surface area contributed by atoms with E-state index in [2.05, 4.69) is 31.4 Å². The summed E-state index contributed by atoms with van der Waals surface area (Å²) in [6, 6.07) is 15.2. The molecule has 4 aromatic rings. The van der Waals surface area contributed by atoms with Crippen molar-refractivity contribution in [3.63, 3.8) is 0 Å². The first-order valence-corrected chi connectivity index (χ1v) is 11.0. The summed E-state index contributed by atoms with van der Waals surface area (Å²) in [5.74, 6) is 1.70. The number of amides is 1. The minimum Gasteiger partial charge on any atom is -0.467 e. The Hall–Kier alpha value is -2.36. The van der Waals surface area contributed by atoms with Crippen LogP contribution < -0.4 is 5.32 Å². The fourth-order valence-corrected chi connectivity index (χ4v) is 4.26. The van der Waals surface area contributed by atoms with Gasteiger partial charge >= 0.3 is 0 Å². The van der Waals surface area contributed by atoms with Crippen LogP contribution in [0.15, 0.2) is 74.2 Å². The van der Waals surface area contributed by atoms with E-state index in [0.717, 1.165) is 26.6 Å². The molecule has 0 radical (unpaired) electrons. The van der Waals surface area contributed by atoms with Crippen molar-refractivity contribution in [1.82, 2.24) is 14.8 Å². The van der Waals surface area contributed by atoms with Gasteiger partial charge in [0.15, 0.2) is 11.0 Å². The van der Waals surface area contributed by atoms with Crippen LogP contribution in [0.1, 0.15) is 5.76 Å². The molecule has 0 saturated carbocycles. The van der Waals surface area contributed by atoms with Crippen molar-refractivity contribution in [2.75, 3.05) is 11.1 Å². The first kappa shape index (κ1) is 19.0. The third-order valence-corrected chi connectivity index (χ3v) is 6.17. The lowest BCUT2D eigenvalue weighted by atomic mass is 10.3. The van der Waals surface area contributed by atoms with Crippen molar-refractivity contribution in [3.8, 4) is 10.7 Å². The molecule has 0 aliphatic rings. The van der Waals surface area contributed by atoms with Gasteiger partial charge < -0.3 is 9.73 Å². The minimum atomic E-state index is -0.0995. The van der Waals surface area contributed by atoms with Gasteiger partial charge in [-0.1, -0.05) is 33.8 Å². The van der Waals surface area contributed by atoms with Crippen molar-refractivity contribution in [2.24, 2.45) is 0 Å². The second-order valence-electron chi connectivity index (χ2n) is 5.79. The molecule has 28 heavy (non-hydrogen) atoms. The molecule has 9 heteroatoms. The highest BCUT2D eigenvalue weighted by molar-refractivity contribution is 9.10. The van der Waals surface area contributed by atoms with Crippen LogP contribution in [0, 0.1) is 0 Å². The van der Waals surface area contributed by atoms with Crippen LogP contribution in [-0.2, 0) is 11.3 Å². The summed E-state index contributed by atoms with van der Waals surface area (Å²) in [5.41, 5.74) is 0.755. The number of hydrogen-bond donors (Lipinski definition) is 1. The van der Waals surface area contributed by atoms with Crippen LogP contribution in [0.3, 0.4) is 0 Å².